The number of halogens is 3. The lowest BCUT2D eigenvalue weighted by molar-refractivity contribution is -0.00896. The highest BCUT2D eigenvalue weighted by atomic mass is 19.2. The number of aromatic hydroxyl groups is 1. The molecule has 204 valence electrons. The molecule has 10 heteroatoms. The fourth-order valence-corrected chi connectivity index (χ4v) is 5.66. The maximum absolute atomic E-state index is 15.0. The van der Waals surface area contributed by atoms with E-state index in [4.69, 9.17) is 9.47 Å². The van der Waals surface area contributed by atoms with Crippen molar-refractivity contribution >= 4 is 16.6 Å². The Balaban J connectivity index is 1.59. The smallest absolute Gasteiger partial charge is 0.170 e. The van der Waals surface area contributed by atoms with Crippen LogP contribution in [0.1, 0.15) is 12.0 Å². The number of hydrogen-bond acceptors (Lipinski definition) is 7. The van der Waals surface area contributed by atoms with Crippen molar-refractivity contribution in [2.75, 3.05) is 38.3 Å². The zero-order valence-corrected chi connectivity index (χ0v) is 21.5. The van der Waals surface area contributed by atoms with Crippen molar-refractivity contribution in [3.63, 3.8) is 0 Å². The van der Waals surface area contributed by atoms with Gasteiger partial charge >= 0.3 is 0 Å². The van der Waals surface area contributed by atoms with Gasteiger partial charge in [0.1, 0.15) is 23.4 Å². The number of hydrogen-bond donors (Lipinski definition) is 2. The highest BCUT2D eigenvalue weighted by Crippen LogP contribution is 2.43. The summed E-state index contributed by atoms with van der Waals surface area (Å²) in [4.78, 5) is 6.73. The molecule has 0 aliphatic carbocycles. The summed E-state index contributed by atoms with van der Waals surface area (Å²) in [7, 11) is 1.46. The lowest BCUT2D eigenvalue weighted by Gasteiger charge is -2.43. The molecule has 7 nitrogen and oxygen atoms in total. The molecule has 6 rings (SSSR count). The van der Waals surface area contributed by atoms with E-state index in [9.17, 15) is 19.1 Å². The molecule has 3 aromatic carbocycles. The number of aromatic nitrogens is 1. The van der Waals surface area contributed by atoms with Crippen molar-refractivity contribution < 1.29 is 27.8 Å². The number of nitriles is 1. The van der Waals surface area contributed by atoms with Crippen LogP contribution < -0.4 is 15.0 Å². The molecule has 2 atom stereocenters. The van der Waals surface area contributed by atoms with Crippen molar-refractivity contribution in [3.05, 3.63) is 71.7 Å². The van der Waals surface area contributed by atoms with Gasteiger partial charge in [-0.2, -0.15) is 5.26 Å². The van der Waals surface area contributed by atoms with E-state index in [1.807, 2.05) is 0 Å². The predicted octanol–water partition coefficient (Wildman–Crippen LogP) is 5.14. The van der Waals surface area contributed by atoms with Crippen LogP contribution in [0.5, 0.6) is 11.5 Å². The molecular formula is C30H25F3N4O3. The van der Waals surface area contributed by atoms with Crippen LogP contribution in [0.25, 0.3) is 33.2 Å². The number of nitrogens with one attached hydrogen (secondary N) is 1. The number of nitrogens with zero attached hydrogens (tertiary/aromatic N) is 3. The fourth-order valence-electron chi connectivity index (χ4n) is 5.66. The number of piperidine rings is 1. The van der Waals surface area contributed by atoms with Gasteiger partial charge in [0.2, 0.25) is 0 Å². The summed E-state index contributed by atoms with van der Waals surface area (Å²) in [6, 6.07) is 11.7. The molecule has 2 saturated heterocycles. The van der Waals surface area contributed by atoms with E-state index in [-0.39, 0.29) is 23.3 Å². The van der Waals surface area contributed by atoms with Gasteiger partial charge in [-0.05, 0) is 47.9 Å². The molecule has 0 bridgehead atoms. The summed E-state index contributed by atoms with van der Waals surface area (Å²) in [5.74, 6) is -3.30. The highest BCUT2D eigenvalue weighted by Gasteiger charge is 2.34. The number of rotatable bonds is 4. The SMILES string of the molecule is COc1cc(F)cc(-c2cnc3ccc(-c4c(O)c(C#N)cc(F)c4F)cc3c2N2CCC3NCCOC3C2)c1. The van der Waals surface area contributed by atoms with Crippen LogP contribution in [0.15, 0.2) is 48.7 Å². The predicted molar refractivity (Wildman–Crippen MR) is 144 cm³/mol. The number of phenolic OH excluding ortho intramolecular Hbond substituents is 1. The number of pyridine rings is 1. The van der Waals surface area contributed by atoms with E-state index >= 15 is 4.39 Å². The minimum Gasteiger partial charge on any atom is -0.506 e. The van der Waals surface area contributed by atoms with Crippen LogP contribution in [0.4, 0.5) is 18.9 Å². The van der Waals surface area contributed by atoms with Gasteiger partial charge in [-0.3, -0.25) is 4.98 Å². The normalized spacial score (nSPS) is 18.8. The molecule has 2 N–H and O–H groups in total. The summed E-state index contributed by atoms with van der Waals surface area (Å²) < 4.78 is 55.4. The molecule has 0 radical (unpaired) electrons. The Morgan fingerprint density at radius 1 is 1.15 bits per heavy atom. The summed E-state index contributed by atoms with van der Waals surface area (Å²) in [6.07, 6.45) is 2.38. The third-order valence-corrected chi connectivity index (χ3v) is 7.57. The lowest BCUT2D eigenvalue weighted by atomic mass is 9.94. The van der Waals surface area contributed by atoms with Gasteiger partial charge in [-0.1, -0.05) is 6.07 Å². The summed E-state index contributed by atoms with van der Waals surface area (Å²) in [5, 5.41) is 24.1. The van der Waals surface area contributed by atoms with Gasteiger partial charge < -0.3 is 24.8 Å². The number of fused-ring (bicyclic) bond motifs is 2. The molecule has 0 saturated carbocycles. The van der Waals surface area contributed by atoms with Crippen LogP contribution >= 0.6 is 0 Å². The highest BCUT2D eigenvalue weighted by molar-refractivity contribution is 6.02. The zero-order valence-electron chi connectivity index (χ0n) is 21.5. The molecule has 2 unspecified atom stereocenters. The van der Waals surface area contributed by atoms with Crippen LogP contribution in [0.2, 0.25) is 0 Å². The Morgan fingerprint density at radius 3 is 2.80 bits per heavy atom. The van der Waals surface area contributed by atoms with Gasteiger partial charge in [0.25, 0.3) is 0 Å². The minimum atomic E-state index is -1.26. The molecule has 3 heterocycles. The van der Waals surface area contributed by atoms with Crippen molar-refractivity contribution in [1.29, 1.82) is 5.26 Å². The Labute approximate surface area is 228 Å². The number of methoxy groups -OCH3 is 1. The monoisotopic (exact) mass is 546 g/mol. The Bertz CT molecular complexity index is 1670. The zero-order chi connectivity index (χ0) is 28.0. The number of morpholine rings is 1. The first-order valence-corrected chi connectivity index (χ1v) is 12.9. The third-order valence-electron chi connectivity index (χ3n) is 7.57. The molecule has 40 heavy (non-hydrogen) atoms. The van der Waals surface area contributed by atoms with E-state index in [2.05, 4.69) is 15.2 Å². The second-order valence-corrected chi connectivity index (χ2v) is 9.89. The van der Waals surface area contributed by atoms with E-state index in [1.54, 1.807) is 30.5 Å². The molecule has 0 spiro atoms. The first-order valence-electron chi connectivity index (χ1n) is 12.9. The van der Waals surface area contributed by atoms with Gasteiger partial charge in [-0.25, -0.2) is 13.2 Å². The number of benzene rings is 3. The first-order chi connectivity index (χ1) is 19.4. The first kappa shape index (κ1) is 25.9. The topological polar surface area (TPSA) is 90.6 Å². The summed E-state index contributed by atoms with van der Waals surface area (Å²) in [5.41, 5.74) is 1.80. The van der Waals surface area contributed by atoms with Crippen LogP contribution in [0, 0.1) is 28.8 Å². The summed E-state index contributed by atoms with van der Waals surface area (Å²) >= 11 is 0. The van der Waals surface area contributed by atoms with Crippen LogP contribution in [0.3, 0.4) is 0 Å². The van der Waals surface area contributed by atoms with E-state index in [1.165, 1.54) is 25.3 Å². The average molecular weight is 547 g/mol. The molecule has 4 aromatic rings. The van der Waals surface area contributed by atoms with Crippen molar-refractivity contribution in [2.45, 2.75) is 18.6 Å². The number of ether oxygens (including phenoxy) is 2. The molecule has 2 aliphatic heterocycles. The second kappa shape index (κ2) is 10.3. The summed E-state index contributed by atoms with van der Waals surface area (Å²) in [6.45, 7) is 2.56. The maximum Gasteiger partial charge on any atom is 0.170 e. The van der Waals surface area contributed by atoms with Crippen molar-refractivity contribution in [3.8, 4) is 39.8 Å². The molecule has 0 amide bonds. The Hall–Kier alpha value is -4.33. The number of phenols is 1. The lowest BCUT2D eigenvalue weighted by Crippen LogP contribution is -2.57. The van der Waals surface area contributed by atoms with E-state index in [0.29, 0.717) is 59.2 Å². The minimum absolute atomic E-state index is 0.0771. The second-order valence-electron chi connectivity index (χ2n) is 9.89. The van der Waals surface area contributed by atoms with Gasteiger partial charge in [0.05, 0.1) is 42.2 Å². The molecule has 2 fully saturated rings. The maximum atomic E-state index is 15.0. The van der Waals surface area contributed by atoms with Gasteiger partial charge in [-0.15, -0.1) is 0 Å². The standard InChI is InChI=1S/C30H25F3N4O3/c1-39-20-9-17(8-19(31)12-20)22-14-36-24-3-2-16(27-28(33)23(32)11-18(13-34)30(27)38)10-21(24)29(22)37-6-4-25-26(15-37)40-7-5-35-25/h2-3,8-12,14,25-26,35,38H,4-7,15H2,1H3. The Kier molecular flexibility index (Phi) is 6.70. The number of anilines is 1. The fraction of sp³-hybridized carbons (Fsp3) is 0.267. The van der Waals surface area contributed by atoms with Crippen molar-refractivity contribution in [1.82, 2.24) is 10.3 Å². The van der Waals surface area contributed by atoms with Gasteiger partial charge in [0.15, 0.2) is 11.6 Å². The van der Waals surface area contributed by atoms with Gasteiger partial charge in [0, 0.05) is 48.9 Å². The van der Waals surface area contributed by atoms with Crippen molar-refractivity contribution in [2.24, 2.45) is 0 Å². The molecular weight excluding hydrogens is 521 g/mol. The molecule has 1 aromatic heterocycles. The largest absolute Gasteiger partial charge is 0.506 e. The van der Waals surface area contributed by atoms with Crippen LogP contribution in [-0.4, -0.2) is 55.6 Å². The quantitative estimate of drug-likeness (QED) is 0.366. The Morgan fingerprint density at radius 2 is 2.00 bits per heavy atom. The molecule has 2 aliphatic rings. The van der Waals surface area contributed by atoms with E-state index < -0.39 is 28.8 Å². The van der Waals surface area contributed by atoms with Crippen LogP contribution in [-0.2, 0) is 4.74 Å². The average Bonchev–Trinajstić information content (AvgIpc) is 2.97. The van der Waals surface area contributed by atoms with E-state index in [0.717, 1.165) is 13.0 Å². The third kappa shape index (κ3) is 4.47.